The first-order chi connectivity index (χ1) is 9.69. The molecule has 3 N–H and O–H groups in total. The zero-order valence-electron chi connectivity index (χ0n) is 11.0. The number of carbonyl (C=O) groups is 1. The molecule has 0 bridgehead atoms. The van der Waals surface area contributed by atoms with Crippen molar-refractivity contribution in [3.63, 3.8) is 0 Å². The molecule has 6 heteroatoms. The molecule has 1 aromatic heterocycles. The molecule has 0 atom stereocenters. The minimum absolute atomic E-state index is 0.161. The quantitative estimate of drug-likeness (QED) is 0.293. The normalized spacial score (nSPS) is 11.3. The molecule has 0 aliphatic carbocycles. The van der Waals surface area contributed by atoms with Crippen LogP contribution in [0.1, 0.15) is 22.2 Å². The van der Waals surface area contributed by atoms with Crippen LogP contribution >= 0.6 is 11.3 Å². The summed E-state index contributed by atoms with van der Waals surface area (Å²) in [5.41, 5.74) is 2.62. The predicted octanol–water partition coefficient (Wildman–Crippen LogP) is 2.74. The first kappa shape index (κ1) is 14.6. The molecular weight excluding hydrogens is 279 g/mol. The second-order valence-electron chi connectivity index (χ2n) is 4.08. The molecule has 1 aromatic carbocycles. The predicted molar refractivity (Wildman–Crippen MR) is 77.9 cm³/mol. The summed E-state index contributed by atoms with van der Waals surface area (Å²) in [6.07, 6.45) is 3.70. The Morgan fingerprint density at radius 3 is 3.05 bits per heavy atom. The fourth-order valence-electron chi connectivity index (χ4n) is 1.88. The molecule has 4 nitrogen and oxygen atoms in total. The number of amides is 1. The van der Waals surface area contributed by atoms with E-state index in [2.05, 4.69) is 5.43 Å². The number of nitrogens with one attached hydrogen (secondary N) is 1. The molecule has 0 aliphatic rings. The van der Waals surface area contributed by atoms with Crippen LogP contribution in [0.5, 0.6) is 0 Å². The summed E-state index contributed by atoms with van der Waals surface area (Å²) in [4.78, 5) is 12.2. The van der Waals surface area contributed by atoms with E-state index in [1.165, 1.54) is 17.4 Å². The Bertz CT molecular complexity index is 652. The number of rotatable bonds is 5. The number of benzene rings is 1. The van der Waals surface area contributed by atoms with Crippen LogP contribution in [0, 0.1) is 5.82 Å². The van der Waals surface area contributed by atoms with Crippen molar-refractivity contribution in [3.8, 4) is 0 Å². The van der Waals surface area contributed by atoms with Crippen molar-refractivity contribution in [2.45, 2.75) is 13.5 Å². The SMILES string of the molecule is CC=CCOCc1c(C(=O)NN)sc2cccc(F)c12. The number of carbonyl (C=O) groups excluding carboxylic acids is 1. The highest BCUT2D eigenvalue weighted by Crippen LogP contribution is 2.33. The fourth-order valence-corrected chi connectivity index (χ4v) is 3.00. The Hall–Kier alpha value is -1.76. The molecular formula is C14H15FN2O2S. The zero-order chi connectivity index (χ0) is 14.5. The highest BCUT2D eigenvalue weighted by Gasteiger charge is 2.20. The van der Waals surface area contributed by atoms with Crippen LogP contribution in [0.2, 0.25) is 0 Å². The van der Waals surface area contributed by atoms with E-state index in [0.717, 1.165) is 0 Å². The van der Waals surface area contributed by atoms with Crippen molar-refractivity contribution in [2.24, 2.45) is 5.84 Å². The Kier molecular flexibility index (Phi) is 4.84. The summed E-state index contributed by atoms with van der Waals surface area (Å²) >= 11 is 1.20. The van der Waals surface area contributed by atoms with Gasteiger partial charge in [-0.2, -0.15) is 0 Å². The van der Waals surface area contributed by atoms with Crippen molar-refractivity contribution in [1.82, 2.24) is 5.43 Å². The lowest BCUT2D eigenvalue weighted by molar-refractivity contribution is 0.0951. The molecule has 0 unspecified atom stereocenters. The highest BCUT2D eigenvalue weighted by molar-refractivity contribution is 7.21. The van der Waals surface area contributed by atoms with Gasteiger partial charge in [-0.15, -0.1) is 11.3 Å². The molecule has 0 saturated heterocycles. The number of hydrazine groups is 1. The molecule has 1 amide bonds. The lowest BCUT2D eigenvalue weighted by Gasteiger charge is -2.04. The maximum atomic E-state index is 14.0. The number of nitrogen functional groups attached to an aromatic ring is 1. The fraction of sp³-hybridized carbons (Fsp3) is 0.214. The molecule has 2 aromatic rings. The number of hydrogen-bond acceptors (Lipinski definition) is 4. The summed E-state index contributed by atoms with van der Waals surface area (Å²) in [6.45, 7) is 2.45. The molecule has 106 valence electrons. The van der Waals surface area contributed by atoms with Crippen LogP contribution in [0.3, 0.4) is 0 Å². The van der Waals surface area contributed by atoms with Gasteiger partial charge in [-0.05, 0) is 19.1 Å². The van der Waals surface area contributed by atoms with Gasteiger partial charge in [-0.1, -0.05) is 18.2 Å². The van der Waals surface area contributed by atoms with Gasteiger partial charge in [0.15, 0.2) is 0 Å². The third kappa shape index (κ3) is 2.87. The minimum atomic E-state index is -0.435. The van der Waals surface area contributed by atoms with Crippen LogP contribution in [-0.4, -0.2) is 12.5 Å². The average molecular weight is 294 g/mol. The van der Waals surface area contributed by atoms with E-state index in [0.29, 0.717) is 27.1 Å². The Morgan fingerprint density at radius 2 is 2.35 bits per heavy atom. The van der Waals surface area contributed by atoms with E-state index in [1.54, 1.807) is 12.1 Å². The van der Waals surface area contributed by atoms with Gasteiger partial charge in [0.25, 0.3) is 5.91 Å². The van der Waals surface area contributed by atoms with Crippen molar-refractivity contribution in [1.29, 1.82) is 0 Å². The molecule has 1 heterocycles. The van der Waals surface area contributed by atoms with E-state index in [9.17, 15) is 9.18 Å². The van der Waals surface area contributed by atoms with Gasteiger partial charge in [-0.25, -0.2) is 10.2 Å². The summed E-state index contributed by atoms with van der Waals surface area (Å²) in [5.74, 6) is 4.37. The first-order valence-corrected chi connectivity index (χ1v) is 6.90. The van der Waals surface area contributed by atoms with Gasteiger partial charge in [-0.3, -0.25) is 10.2 Å². The number of halogens is 1. The smallest absolute Gasteiger partial charge is 0.275 e. The lowest BCUT2D eigenvalue weighted by Crippen LogP contribution is -2.30. The zero-order valence-corrected chi connectivity index (χ0v) is 11.8. The van der Waals surface area contributed by atoms with E-state index in [1.807, 2.05) is 19.1 Å². The molecule has 0 saturated carbocycles. The van der Waals surface area contributed by atoms with E-state index < -0.39 is 5.91 Å². The Labute approximate surface area is 120 Å². The lowest BCUT2D eigenvalue weighted by atomic mass is 10.1. The van der Waals surface area contributed by atoms with Crippen LogP contribution < -0.4 is 11.3 Å². The number of hydrogen-bond donors (Lipinski definition) is 2. The minimum Gasteiger partial charge on any atom is -0.373 e. The monoisotopic (exact) mass is 294 g/mol. The van der Waals surface area contributed by atoms with Crippen molar-refractivity contribution in [3.05, 3.63) is 46.6 Å². The number of allylic oxidation sites excluding steroid dienone is 1. The van der Waals surface area contributed by atoms with Crippen molar-refractivity contribution in [2.75, 3.05) is 6.61 Å². The van der Waals surface area contributed by atoms with Crippen LogP contribution in [0.4, 0.5) is 4.39 Å². The topological polar surface area (TPSA) is 64.3 Å². The van der Waals surface area contributed by atoms with Gasteiger partial charge in [0, 0.05) is 15.6 Å². The Balaban J connectivity index is 2.43. The van der Waals surface area contributed by atoms with Gasteiger partial charge in [0.2, 0.25) is 0 Å². The Morgan fingerprint density at radius 1 is 1.55 bits per heavy atom. The van der Waals surface area contributed by atoms with E-state index in [4.69, 9.17) is 10.6 Å². The number of ether oxygens (including phenoxy) is 1. The van der Waals surface area contributed by atoms with Crippen molar-refractivity contribution >= 4 is 27.3 Å². The number of thiophene rings is 1. The van der Waals surface area contributed by atoms with Gasteiger partial charge >= 0.3 is 0 Å². The number of nitrogens with two attached hydrogens (primary N) is 1. The third-order valence-corrected chi connectivity index (χ3v) is 3.99. The van der Waals surface area contributed by atoms with Gasteiger partial charge in [0.1, 0.15) is 10.7 Å². The first-order valence-electron chi connectivity index (χ1n) is 6.08. The maximum absolute atomic E-state index is 14.0. The third-order valence-electron chi connectivity index (χ3n) is 2.80. The summed E-state index contributed by atoms with van der Waals surface area (Å²) < 4.78 is 20.1. The average Bonchev–Trinajstić information content (AvgIpc) is 2.83. The largest absolute Gasteiger partial charge is 0.373 e. The molecule has 0 aliphatic heterocycles. The van der Waals surface area contributed by atoms with Crippen LogP contribution in [-0.2, 0) is 11.3 Å². The summed E-state index contributed by atoms with van der Waals surface area (Å²) in [7, 11) is 0. The van der Waals surface area contributed by atoms with Gasteiger partial charge in [0.05, 0.1) is 13.2 Å². The maximum Gasteiger partial charge on any atom is 0.275 e. The molecule has 2 rings (SSSR count). The molecule has 0 fully saturated rings. The summed E-state index contributed by atoms with van der Waals surface area (Å²) in [5, 5.41) is 0.427. The second-order valence-corrected chi connectivity index (χ2v) is 5.13. The standard InChI is InChI=1S/C14H15FN2O2S/c1-2-3-7-19-8-9-12-10(15)5-4-6-11(12)20-13(9)14(18)17-16/h2-6H,7-8,16H2,1H3,(H,17,18). The van der Waals surface area contributed by atoms with Crippen molar-refractivity contribution < 1.29 is 13.9 Å². The number of fused-ring (bicyclic) bond motifs is 1. The van der Waals surface area contributed by atoms with E-state index in [-0.39, 0.29) is 12.4 Å². The molecule has 20 heavy (non-hydrogen) atoms. The van der Waals surface area contributed by atoms with Crippen LogP contribution in [0.25, 0.3) is 10.1 Å². The van der Waals surface area contributed by atoms with E-state index >= 15 is 0 Å². The highest BCUT2D eigenvalue weighted by atomic mass is 32.1. The van der Waals surface area contributed by atoms with Crippen LogP contribution in [0.15, 0.2) is 30.4 Å². The second kappa shape index (κ2) is 6.60. The van der Waals surface area contributed by atoms with Gasteiger partial charge < -0.3 is 4.74 Å². The summed E-state index contributed by atoms with van der Waals surface area (Å²) in [6, 6.07) is 4.75. The molecule has 0 radical (unpaired) electrons. The molecule has 0 spiro atoms.